The van der Waals surface area contributed by atoms with Crippen LogP contribution in [0.4, 0.5) is 0 Å². The lowest BCUT2D eigenvalue weighted by Crippen LogP contribution is -2.05. The lowest BCUT2D eigenvalue weighted by Gasteiger charge is -2.09. The number of nitrogens with two attached hydrogens (primary N) is 1. The molecule has 0 radical (unpaired) electrons. The molecule has 0 fully saturated rings. The van der Waals surface area contributed by atoms with Gasteiger partial charge in [-0.05, 0) is 49.7 Å². The molecule has 0 saturated carbocycles. The quantitative estimate of drug-likeness (QED) is 0.920. The van der Waals surface area contributed by atoms with Crippen LogP contribution in [0.15, 0.2) is 28.7 Å². The molecule has 0 saturated heterocycles. The third kappa shape index (κ3) is 3.58. The molecule has 1 aromatic carbocycles. The Morgan fingerprint density at radius 2 is 2.16 bits per heavy atom. The molecular formula is C14H18BrN3O. The lowest BCUT2D eigenvalue weighted by atomic mass is 10.1. The number of hydrogen-bond acceptors (Lipinski definition) is 3. The summed E-state index contributed by atoms with van der Waals surface area (Å²) in [4.78, 5) is 0. The Bertz CT molecular complexity index is 566. The van der Waals surface area contributed by atoms with Gasteiger partial charge in [0.1, 0.15) is 12.4 Å². The van der Waals surface area contributed by atoms with E-state index >= 15 is 0 Å². The Hall–Kier alpha value is -1.33. The van der Waals surface area contributed by atoms with E-state index in [1.165, 1.54) is 5.56 Å². The molecule has 0 atom stereocenters. The highest BCUT2D eigenvalue weighted by Crippen LogP contribution is 2.23. The molecule has 0 aliphatic rings. The van der Waals surface area contributed by atoms with Gasteiger partial charge in [-0.1, -0.05) is 15.9 Å². The summed E-state index contributed by atoms with van der Waals surface area (Å²) < 4.78 is 8.72. The molecule has 2 aromatic rings. The van der Waals surface area contributed by atoms with Crippen LogP contribution in [-0.2, 0) is 20.1 Å². The molecule has 1 aromatic heterocycles. The van der Waals surface area contributed by atoms with E-state index in [0.29, 0.717) is 13.2 Å². The van der Waals surface area contributed by atoms with Gasteiger partial charge in [-0.25, -0.2) is 0 Å². The van der Waals surface area contributed by atoms with Crippen molar-refractivity contribution in [2.75, 3.05) is 6.54 Å². The molecule has 5 heteroatoms. The van der Waals surface area contributed by atoms with Crippen molar-refractivity contribution in [1.82, 2.24) is 9.78 Å². The molecule has 0 aliphatic heterocycles. The standard InChI is InChI=1S/C14H18BrN3O/c1-10-7-12(18(2)17-10)9-19-13-3-4-14(15)11(8-13)5-6-16/h3-4,7-8H,5-6,9,16H2,1-2H3. The fourth-order valence-corrected chi connectivity index (χ4v) is 2.39. The molecule has 102 valence electrons. The normalized spacial score (nSPS) is 10.7. The SMILES string of the molecule is Cc1cc(COc2ccc(Br)c(CCN)c2)n(C)n1. The average Bonchev–Trinajstić information content (AvgIpc) is 2.69. The second-order valence-electron chi connectivity index (χ2n) is 4.48. The van der Waals surface area contributed by atoms with Gasteiger partial charge in [0.05, 0.1) is 11.4 Å². The Balaban J connectivity index is 2.07. The molecule has 4 nitrogen and oxygen atoms in total. The summed E-state index contributed by atoms with van der Waals surface area (Å²) in [6, 6.07) is 8.00. The van der Waals surface area contributed by atoms with Crippen LogP contribution in [0, 0.1) is 6.92 Å². The molecule has 0 spiro atoms. The summed E-state index contributed by atoms with van der Waals surface area (Å²) >= 11 is 3.52. The van der Waals surface area contributed by atoms with E-state index in [4.69, 9.17) is 10.5 Å². The van der Waals surface area contributed by atoms with Gasteiger partial charge < -0.3 is 10.5 Å². The molecule has 0 unspecified atom stereocenters. The first kappa shape index (κ1) is 14.1. The minimum Gasteiger partial charge on any atom is -0.487 e. The highest BCUT2D eigenvalue weighted by molar-refractivity contribution is 9.10. The predicted molar refractivity (Wildman–Crippen MR) is 79.2 cm³/mol. The van der Waals surface area contributed by atoms with Crippen LogP contribution in [0.3, 0.4) is 0 Å². The number of hydrogen-bond donors (Lipinski definition) is 1. The van der Waals surface area contributed by atoms with E-state index in [9.17, 15) is 0 Å². The molecule has 19 heavy (non-hydrogen) atoms. The fraction of sp³-hybridized carbons (Fsp3) is 0.357. The summed E-state index contributed by atoms with van der Waals surface area (Å²) in [6.45, 7) is 3.12. The van der Waals surface area contributed by atoms with Gasteiger partial charge in [0.15, 0.2) is 0 Å². The van der Waals surface area contributed by atoms with Crippen LogP contribution in [0.5, 0.6) is 5.75 Å². The molecule has 1 heterocycles. The van der Waals surface area contributed by atoms with E-state index in [1.54, 1.807) is 0 Å². The van der Waals surface area contributed by atoms with Crippen molar-refractivity contribution < 1.29 is 4.74 Å². The number of rotatable bonds is 5. The number of benzene rings is 1. The Labute approximate surface area is 121 Å². The second kappa shape index (κ2) is 6.21. The lowest BCUT2D eigenvalue weighted by molar-refractivity contribution is 0.294. The van der Waals surface area contributed by atoms with Gasteiger partial charge >= 0.3 is 0 Å². The van der Waals surface area contributed by atoms with Crippen molar-refractivity contribution in [2.24, 2.45) is 12.8 Å². The zero-order valence-corrected chi connectivity index (χ0v) is 12.8. The molecular weight excluding hydrogens is 306 g/mol. The number of aromatic nitrogens is 2. The van der Waals surface area contributed by atoms with Crippen LogP contribution in [0.25, 0.3) is 0 Å². The maximum absolute atomic E-state index is 5.81. The van der Waals surface area contributed by atoms with Crippen LogP contribution in [-0.4, -0.2) is 16.3 Å². The van der Waals surface area contributed by atoms with E-state index in [-0.39, 0.29) is 0 Å². The summed E-state index contributed by atoms with van der Waals surface area (Å²) in [5.41, 5.74) is 8.82. The van der Waals surface area contributed by atoms with Gasteiger partial charge in [0.25, 0.3) is 0 Å². The smallest absolute Gasteiger partial charge is 0.130 e. The first-order valence-electron chi connectivity index (χ1n) is 6.21. The van der Waals surface area contributed by atoms with Crippen molar-refractivity contribution >= 4 is 15.9 Å². The van der Waals surface area contributed by atoms with E-state index < -0.39 is 0 Å². The molecule has 2 N–H and O–H groups in total. The third-order valence-corrected chi connectivity index (χ3v) is 3.69. The molecule has 0 amide bonds. The van der Waals surface area contributed by atoms with Crippen molar-refractivity contribution in [3.05, 3.63) is 45.7 Å². The predicted octanol–water partition coefficient (Wildman–Crippen LogP) is 2.57. The summed E-state index contributed by atoms with van der Waals surface area (Å²) in [5.74, 6) is 0.852. The van der Waals surface area contributed by atoms with Crippen molar-refractivity contribution in [1.29, 1.82) is 0 Å². The Morgan fingerprint density at radius 3 is 2.79 bits per heavy atom. The number of aryl methyl sites for hydroxylation is 2. The van der Waals surface area contributed by atoms with Gasteiger partial charge in [-0.2, -0.15) is 5.10 Å². The van der Waals surface area contributed by atoms with Crippen molar-refractivity contribution in [3.63, 3.8) is 0 Å². The maximum Gasteiger partial charge on any atom is 0.130 e. The van der Waals surface area contributed by atoms with Crippen LogP contribution < -0.4 is 10.5 Å². The number of ether oxygens (including phenoxy) is 1. The summed E-state index contributed by atoms with van der Waals surface area (Å²) in [7, 11) is 1.92. The highest BCUT2D eigenvalue weighted by Gasteiger charge is 2.05. The molecule has 0 bridgehead atoms. The third-order valence-electron chi connectivity index (χ3n) is 2.92. The van der Waals surface area contributed by atoms with Crippen molar-refractivity contribution in [2.45, 2.75) is 20.0 Å². The maximum atomic E-state index is 5.81. The monoisotopic (exact) mass is 323 g/mol. The van der Waals surface area contributed by atoms with Gasteiger partial charge in [0.2, 0.25) is 0 Å². The van der Waals surface area contributed by atoms with Crippen molar-refractivity contribution in [3.8, 4) is 5.75 Å². The highest BCUT2D eigenvalue weighted by atomic mass is 79.9. The zero-order valence-electron chi connectivity index (χ0n) is 11.2. The number of halogens is 1. The van der Waals surface area contributed by atoms with Crippen LogP contribution in [0.2, 0.25) is 0 Å². The average molecular weight is 324 g/mol. The van der Waals surface area contributed by atoms with E-state index in [1.807, 2.05) is 42.9 Å². The second-order valence-corrected chi connectivity index (χ2v) is 5.34. The topological polar surface area (TPSA) is 53.1 Å². The van der Waals surface area contributed by atoms with Gasteiger partial charge in [-0.15, -0.1) is 0 Å². The first-order valence-corrected chi connectivity index (χ1v) is 7.00. The minimum absolute atomic E-state index is 0.515. The molecule has 2 rings (SSSR count). The molecule has 0 aliphatic carbocycles. The number of nitrogens with zero attached hydrogens (tertiary/aromatic N) is 2. The van der Waals surface area contributed by atoms with Crippen LogP contribution >= 0.6 is 15.9 Å². The van der Waals surface area contributed by atoms with Crippen LogP contribution in [0.1, 0.15) is 17.0 Å². The largest absolute Gasteiger partial charge is 0.487 e. The zero-order chi connectivity index (χ0) is 13.8. The first-order chi connectivity index (χ1) is 9.10. The summed E-state index contributed by atoms with van der Waals surface area (Å²) in [6.07, 6.45) is 0.836. The van der Waals surface area contributed by atoms with Gasteiger partial charge in [-0.3, -0.25) is 4.68 Å². The Kier molecular flexibility index (Phi) is 4.61. The Morgan fingerprint density at radius 1 is 1.37 bits per heavy atom. The van der Waals surface area contributed by atoms with E-state index in [0.717, 1.165) is 28.0 Å². The fourth-order valence-electron chi connectivity index (χ4n) is 1.94. The summed E-state index contributed by atoms with van der Waals surface area (Å²) in [5, 5.41) is 4.30. The minimum atomic E-state index is 0.515. The van der Waals surface area contributed by atoms with E-state index in [2.05, 4.69) is 21.0 Å². The van der Waals surface area contributed by atoms with Gasteiger partial charge in [0, 0.05) is 11.5 Å².